The number of rotatable bonds is 4. The molecule has 5 heteroatoms. The highest BCUT2D eigenvalue weighted by atomic mass is 35.5. The van der Waals surface area contributed by atoms with Gasteiger partial charge < -0.3 is 16.0 Å². The van der Waals surface area contributed by atoms with Crippen molar-refractivity contribution in [3.63, 3.8) is 0 Å². The third-order valence-electron chi connectivity index (χ3n) is 3.61. The molecule has 1 heterocycles. The van der Waals surface area contributed by atoms with E-state index in [1.54, 1.807) is 0 Å². The fourth-order valence-electron chi connectivity index (χ4n) is 2.74. The maximum Gasteiger partial charge on any atom is 0.132 e. The Balaban J connectivity index is 2.50. The average molecular weight is 295 g/mol. The number of benzene rings is 1. The molecule has 0 spiro atoms. The minimum Gasteiger partial charge on any atom is -0.397 e. The summed E-state index contributed by atoms with van der Waals surface area (Å²) in [4.78, 5) is 2.25. The number of hydrogen-bond acceptors (Lipinski definition) is 4. The summed E-state index contributed by atoms with van der Waals surface area (Å²) in [5.74, 6) is 0.647. The molecule has 0 bridgehead atoms. The largest absolute Gasteiger partial charge is 0.397 e. The normalized spacial score (nSPS) is 18.6. The van der Waals surface area contributed by atoms with Crippen molar-refractivity contribution in [1.82, 2.24) is 0 Å². The summed E-state index contributed by atoms with van der Waals surface area (Å²) in [7, 11) is 0. The molecule has 110 valence electrons. The van der Waals surface area contributed by atoms with Gasteiger partial charge in [0.25, 0.3) is 0 Å². The second-order valence-corrected chi connectivity index (χ2v) is 6.26. The number of nitrogen functional groups attached to an aromatic ring is 1. The molecule has 1 aliphatic heterocycles. The van der Waals surface area contributed by atoms with Crippen LogP contribution in [0.3, 0.4) is 0 Å². The topological polar surface area (TPSA) is 65.1 Å². The maximum absolute atomic E-state index is 7.92. The molecule has 0 aromatic heterocycles. The molecule has 0 saturated carbocycles. The van der Waals surface area contributed by atoms with E-state index in [1.807, 2.05) is 12.1 Å². The highest BCUT2D eigenvalue weighted by molar-refractivity contribution is 6.70. The lowest BCUT2D eigenvalue weighted by Gasteiger charge is -2.26. The Morgan fingerprint density at radius 3 is 2.70 bits per heavy atom. The van der Waals surface area contributed by atoms with E-state index in [0.717, 1.165) is 36.4 Å². The van der Waals surface area contributed by atoms with Crippen LogP contribution in [0.2, 0.25) is 0 Å². The molecule has 4 N–H and O–H groups in total. The summed E-state index contributed by atoms with van der Waals surface area (Å²) in [5, 5.41) is 11.3. The van der Waals surface area contributed by atoms with Crippen molar-refractivity contribution < 1.29 is 0 Å². The lowest BCUT2D eigenvalue weighted by molar-refractivity contribution is 0.659. The average Bonchev–Trinajstić information content (AvgIpc) is 2.76. The van der Waals surface area contributed by atoms with Gasteiger partial charge in [-0.1, -0.05) is 18.5 Å². The van der Waals surface area contributed by atoms with Crippen molar-refractivity contribution in [2.45, 2.75) is 33.2 Å². The first-order chi connectivity index (χ1) is 9.40. The van der Waals surface area contributed by atoms with Gasteiger partial charge >= 0.3 is 0 Å². The summed E-state index contributed by atoms with van der Waals surface area (Å²) >= 11 is 6.04. The minimum absolute atomic E-state index is 0.0370. The van der Waals surface area contributed by atoms with E-state index in [-0.39, 0.29) is 11.2 Å². The number of halogens is 1. The van der Waals surface area contributed by atoms with Gasteiger partial charge in [0.1, 0.15) is 5.17 Å². The van der Waals surface area contributed by atoms with Crippen LogP contribution in [0.4, 0.5) is 17.1 Å². The summed E-state index contributed by atoms with van der Waals surface area (Å²) in [6, 6.07) is 4.08. The number of hydrogen-bond donors (Lipinski definition) is 3. The number of anilines is 3. The fraction of sp³-hybridized carbons (Fsp3) is 0.533. The predicted octanol–water partition coefficient (Wildman–Crippen LogP) is 3.50. The molecule has 1 aromatic rings. The Kier molecular flexibility index (Phi) is 4.43. The van der Waals surface area contributed by atoms with Crippen LogP contribution in [0.15, 0.2) is 12.1 Å². The first-order valence-corrected chi connectivity index (χ1v) is 7.46. The fourth-order valence-corrected chi connectivity index (χ4v) is 2.93. The highest BCUT2D eigenvalue weighted by Crippen LogP contribution is 2.37. The molecule has 0 unspecified atom stereocenters. The third-order valence-corrected chi connectivity index (χ3v) is 3.80. The highest BCUT2D eigenvalue weighted by Gasteiger charge is 2.25. The molecule has 0 amide bonds. The molecule has 0 aliphatic carbocycles. The van der Waals surface area contributed by atoms with E-state index in [4.69, 9.17) is 22.7 Å². The molecule has 4 nitrogen and oxygen atoms in total. The van der Waals surface area contributed by atoms with Crippen LogP contribution in [0.5, 0.6) is 0 Å². The number of nitrogens with one attached hydrogen (secondary N) is 2. The van der Waals surface area contributed by atoms with Gasteiger partial charge in [0.15, 0.2) is 0 Å². The van der Waals surface area contributed by atoms with Crippen molar-refractivity contribution in [3.05, 3.63) is 17.7 Å². The molecule has 1 atom stereocenters. The smallest absolute Gasteiger partial charge is 0.132 e. The molecule has 1 saturated heterocycles. The minimum atomic E-state index is 0.0370. The van der Waals surface area contributed by atoms with Gasteiger partial charge in [-0.15, -0.1) is 0 Å². The zero-order valence-electron chi connectivity index (χ0n) is 12.3. The van der Waals surface area contributed by atoms with E-state index in [0.29, 0.717) is 11.6 Å². The van der Waals surface area contributed by atoms with E-state index in [9.17, 15) is 0 Å². The molecule has 2 rings (SSSR count). The predicted molar refractivity (Wildman–Crippen MR) is 88.3 cm³/mol. The van der Waals surface area contributed by atoms with Gasteiger partial charge in [0, 0.05) is 24.8 Å². The van der Waals surface area contributed by atoms with Gasteiger partial charge in [-0.3, -0.25) is 5.41 Å². The zero-order chi connectivity index (χ0) is 14.9. The van der Waals surface area contributed by atoms with Crippen LogP contribution in [-0.2, 0) is 0 Å². The van der Waals surface area contributed by atoms with E-state index < -0.39 is 0 Å². The Morgan fingerprint density at radius 2 is 2.20 bits per heavy atom. The third kappa shape index (κ3) is 3.01. The molecule has 1 aliphatic rings. The Hall–Kier alpha value is -1.42. The van der Waals surface area contributed by atoms with Crippen molar-refractivity contribution >= 4 is 33.8 Å². The van der Waals surface area contributed by atoms with Crippen LogP contribution >= 0.6 is 11.6 Å². The van der Waals surface area contributed by atoms with Gasteiger partial charge in [-0.2, -0.15) is 0 Å². The van der Waals surface area contributed by atoms with Crippen LogP contribution in [0.1, 0.15) is 32.8 Å². The molecule has 20 heavy (non-hydrogen) atoms. The van der Waals surface area contributed by atoms with E-state index in [2.05, 4.69) is 31.0 Å². The van der Waals surface area contributed by atoms with Crippen molar-refractivity contribution in [1.29, 1.82) is 5.41 Å². The quantitative estimate of drug-likeness (QED) is 0.588. The van der Waals surface area contributed by atoms with Gasteiger partial charge in [0.2, 0.25) is 0 Å². The Bertz CT molecular complexity index is 513. The first kappa shape index (κ1) is 15.0. The van der Waals surface area contributed by atoms with Crippen molar-refractivity contribution in [2.75, 3.05) is 29.0 Å². The van der Waals surface area contributed by atoms with Crippen LogP contribution < -0.4 is 16.0 Å². The second-order valence-electron chi connectivity index (χ2n) is 5.88. The lowest BCUT2D eigenvalue weighted by Crippen LogP contribution is -2.24. The molecular weight excluding hydrogens is 272 g/mol. The van der Waals surface area contributed by atoms with Gasteiger partial charge in [-0.05, 0) is 38.3 Å². The monoisotopic (exact) mass is 294 g/mol. The Labute approximate surface area is 125 Å². The second kappa shape index (κ2) is 5.92. The lowest BCUT2D eigenvalue weighted by atomic mass is 10.1. The van der Waals surface area contributed by atoms with Crippen molar-refractivity contribution in [3.8, 4) is 0 Å². The SMILES string of the molecule is CC(C)Nc1ccc(N)c(N2CC[C@H](C)C2)c1C(=N)Cl. The van der Waals surface area contributed by atoms with Crippen LogP contribution in [-0.4, -0.2) is 24.3 Å². The summed E-state index contributed by atoms with van der Waals surface area (Å²) < 4.78 is 0. The summed E-state index contributed by atoms with van der Waals surface area (Å²) in [6.45, 7) is 8.30. The van der Waals surface area contributed by atoms with Crippen LogP contribution in [0.25, 0.3) is 0 Å². The maximum atomic E-state index is 7.92. The summed E-state index contributed by atoms with van der Waals surface area (Å²) in [5.41, 5.74) is 9.35. The summed E-state index contributed by atoms with van der Waals surface area (Å²) in [6.07, 6.45) is 1.15. The molecular formula is C15H23ClN4. The van der Waals surface area contributed by atoms with Crippen molar-refractivity contribution in [2.24, 2.45) is 5.92 Å². The van der Waals surface area contributed by atoms with Gasteiger partial charge in [0.05, 0.1) is 16.9 Å². The van der Waals surface area contributed by atoms with Gasteiger partial charge in [-0.25, -0.2) is 0 Å². The molecule has 0 radical (unpaired) electrons. The zero-order valence-corrected chi connectivity index (χ0v) is 13.1. The number of nitrogens with zero attached hydrogens (tertiary/aromatic N) is 1. The standard InChI is InChI=1S/C15H23ClN4/c1-9(2)19-12-5-4-11(17)14(13(12)15(16)18)20-7-6-10(3)8-20/h4-5,9-10,18-19H,6-8,17H2,1-3H3/t10-/m0/s1. The Morgan fingerprint density at radius 1 is 1.50 bits per heavy atom. The molecule has 1 aromatic carbocycles. The van der Waals surface area contributed by atoms with E-state index in [1.165, 1.54) is 0 Å². The molecule has 1 fully saturated rings. The van der Waals surface area contributed by atoms with Crippen LogP contribution in [0, 0.1) is 11.3 Å². The van der Waals surface area contributed by atoms with E-state index >= 15 is 0 Å². The number of nitrogens with two attached hydrogens (primary N) is 1. The first-order valence-electron chi connectivity index (χ1n) is 7.08.